The summed E-state index contributed by atoms with van der Waals surface area (Å²) in [6.45, 7) is 3.44. The number of hydrogen-bond acceptors (Lipinski definition) is 3. The van der Waals surface area contributed by atoms with E-state index >= 15 is 0 Å². The molecular weight excluding hydrogens is 207 g/mol. The van der Waals surface area contributed by atoms with E-state index in [1.165, 1.54) is 0 Å². The Labute approximate surface area is 126 Å². The van der Waals surface area contributed by atoms with E-state index in [0.717, 1.165) is 11.1 Å². The Kier molecular flexibility index (Phi) is 6.64. The fourth-order valence-electron chi connectivity index (χ4n) is 1.10. The fraction of sp³-hybridized carbons (Fsp3) is 0.300. The van der Waals surface area contributed by atoms with Crippen molar-refractivity contribution in [3.8, 4) is 5.75 Å². The summed E-state index contributed by atoms with van der Waals surface area (Å²) in [6, 6.07) is 5.57. The first-order valence-electron chi connectivity index (χ1n) is 3.99. The van der Waals surface area contributed by atoms with Crippen LogP contribution in [-0.2, 0) is 4.79 Å². The summed E-state index contributed by atoms with van der Waals surface area (Å²) in [5.41, 5.74) is 2.06. The molecular formula is C10H11KO3. The van der Waals surface area contributed by atoms with Crippen LogP contribution in [0.2, 0.25) is 0 Å². The van der Waals surface area contributed by atoms with Gasteiger partial charge in [-0.2, -0.15) is 0 Å². The molecule has 0 aromatic heterocycles. The minimum Gasteiger partial charge on any atom is -0.546 e. The Morgan fingerprint density at radius 2 is 2.07 bits per heavy atom. The van der Waals surface area contributed by atoms with Gasteiger partial charge in [0.1, 0.15) is 12.4 Å². The predicted molar refractivity (Wildman–Crippen MR) is 46.4 cm³/mol. The summed E-state index contributed by atoms with van der Waals surface area (Å²) in [4.78, 5) is 10.1. The molecule has 1 aromatic carbocycles. The molecule has 14 heavy (non-hydrogen) atoms. The number of carboxylic acid groups (broad SMARTS) is 1. The van der Waals surface area contributed by atoms with Crippen molar-refractivity contribution in [2.45, 2.75) is 13.8 Å². The van der Waals surface area contributed by atoms with Crippen LogP contribution >= 0.6 is 0 Å². The number of carbonyl (C=O) groups excluding carboxylic acids is 1. The van der Waals surface area contributed by atoms with Gasteiger partial charge < -0.3 is 14.6 Å². The minimum absolute atomic E-state index is 0. The van der Waals surface area contributed by atoms with Crippen molar-refractivity contribution in [3.63, 3.8) is 0 Å². The summed E-state index contributed by atoms with van der Waals surface area (Å²) >= 11 is 0. The largest absolute Gasteiger partial charge is 1.00 e. The summed E-state index contributed by atoms with van der Waals surface area (Å²) < 4.78 is 4.99. The normalized spacial score (nSPS) is 9.00. The second-order valence-electron chi connectivity index (χ2n) is 2.93. The van der Waals surface area contributed by atoms with Crippen molar-refractivity contribution < 1.29 is 66.0 Å². The van der Waals surface area contributed by atoms with Gasteiger partial charge in [-0.15, -0.1) is 0 Å². The molecule has 0 N–H and O–H groups in total. The molecule has 0 aliphatic carbocycles. The Balaban J connectivity index is 0.00000169. The first kappa shape index (κ1) is 14.1. The van der Waals surface area contributed by atoms with Crippen LogP contribution < -0.4 is 61.2 Å². The van der Waals surface area contributed by atoms with E-state index in [1.807, 2.05) is 26.0 Å². The van der Waals surface area contributed by atoms with Crippen LogP contribution in [0.3, 0.4) is 0 Å². The van der Waals surface area contributed by atoms with Crippen molar-refractivity contribution in [1.82, 2.24) is 0 Å². The number of carboxylic acids is 1. The molecule has 1 rings (SSSR count). The van der Waals surface area contributed by atoms with Crippen molar-refractivity contribution in [2.75, 3.05) is 6.61 Å². The van der Waals surface area contributed by atoms with Gasteiger partial charge in [-0.25, -0.2) is 0 Å². The molecule has 0 atom stereocenters. The van der Waals surface area contributed by atoms with Crippen LogP contribution in [0.4, 0.5) is 0 Å². The molecule has 0 heterocycles. The van der Waals surface area contributed by atoms with Gasteiger partial charge in [-0.05, 0) is 25.5 Å². The first-order chi connectivity index (χ1) is 6.09. The summed E-state index contributed by atoms with van der Waals surface area (Å²) in [5, 5.41) is 10.1. The van der Waals surface area contributed by atoms with E-state index in [0.29, 0.717) is 5.75 Å². The average molecular weight is 218 g/mol. The third-order valence-corrected chi connectivity index (χ3v) is 1.68. The number of benzene rings is 1. The van der Waals surface area contributed by atoms with Crippen molar-refractivity contribution in [1.29, 1.82) is 0 Å². The van der Waals surface area contributed by atoms with Crippen molar-refractivity contribution in [2.24, 2.45) is 0 Å². The second kappa shape index (κ2) is 6.58. The van der Waals surface area contributed by atoms with E-state index < -0.39 is 12.6 Å². The van der Waals surface area contributed by atoms with Crippen LogP contribution in [-0.4, -0.2) is 12.6 Å². The van der Waals surface area contributed by atoms with E-state index in [9.17, 15) is 9.90 Å². The molecule has 1 aromatic rings. The maximum Gasteiger partial charge on any atom is 1.00 e. The SMILES string of the molecule is Cc1ccc(OCC(=O)[O-])c(C)c1.[K+]. The van der Waals surface area contributed by atoms with Crippen LogP contribution in [0.1, 0.15) is 11.1 Å². The zero-order valence-corrected chi connectivity index (χ0v) is 11.8. The maximum absolute atomic E-state index is 10.1. The van der Waals surface area contributed by atoms with E-state index in [2.05, 4.69) is 0 Å². The zero-order chi connectivity index (χ0) is 9.84. The van der Waals surface area contributed by atoms with Gasteiger partial charge >= 0.3 is 51.4 Å². The number of hydrogen-bond donors (Lipinski definition) is 0. The van der Waals surface area contributed by atoms with Crippen LogP contribution in [0.15, 0.2) is 18.2 Å². The van der Waals surface area contributed by atoms with Gasteiger partial charge in [0.2, 0.25) is 0 Å². The van der Waals surface area contributed by atoms with Gasteiger partial charge in [0.25, 0.3) is 0 Å². The molecule has 0 spiro atoms. The molecule has 0 aliphatic heterocycles. The number of ether oxygens (including phenoxy) is 1. The first-order valence-corrected chi connectivity index (χ1v) is 3.99. The van der Waals surface area contributed by atoms with Crippen LogP contribution in [0, 0.1) is 13.8 Å². The molecule has 0 unspecified atom stereocenters. The summed E-state index contributed by atoms with van der Waals surface area (Å²) in [6.07, 6.45) is 0. The molecule has 70 valence electrons. The van der Waals surface area contributed by atoms with Gasteiger partial charge in [-0.3, -0.25) is 0 Å². The van der Waals surface area contributed by atoms with E-state index in [-0.39, 0.29) is 51.4 Å². The topological polar surface area (TPSA) is 49.4 Å². The smallest absolute Gasteiger partial charge is 0.546 e. The fourth-order valence-corrected chi connectivity index (χ4v) is 1.10. The number of aliphatic carboxylic acids is 1. The van der Waals surface area contributed by atoms with Crippen LogP contribution in [0.5, 0.6) is 5.75 Å². The Hall–Kier alpha value is 0.126. The molecule has 0 aliphatic rings. The monoisotopic (exact) mass is 218 g/mol. The summed E-state index contributed by atoms with van der Waals surface area (Å²) in [7, 11) is 0. The zero-order valence-electron chi connectivity index (χ0n) is 8.66. The molecule has 0 radical (unpaired) electrons. The number of rotatable bonds is 3. The maximum atomic E-state index is 10.1. The molecule has 3 nitrogen and oxygen atoms in total. The Morgan fingerprint density at radius 3 is 2.57 bits per heavy atom. The second-order valence-corrected chi connectivity index (χ2v) is 2.93. The van der Waals surface area contributed by atoms with Crippen LogP contribution in [0.25, 0.3) is 0 Å². The van der Waals surface area contributed by atoms with Gasteiger partial charge in [0.15, 0.2) is 0 Å². The van der Waals surface area contributed by atoms with Crippen molar-refractivity contribution >= 4 is 5.97 Å². The predicted octanol–water partition coefficient (Wildman–Crippen LogP) is -2.56. The Morgan fingerprint density at radius 1 is 1.43 bits per heavy atom. The van der Waals surface area contributed by atoms with Gasteiger partial charge in [0, 0.05) is 0 Å². The van der Waals surface area contributed by atoms with E-state index in [1.54, 1.807) is 6.07 Å². The van der Waals surface area contributed by atoms with E-state index in [4.69, 9.17) is 4.74 Å². The molecule has 0 fully saturated rings. The molecule has 0 amide bonds. The minimum atomic E-state index is -1.21. The quantitative estimate of drug-likeness (QED) is 0.524. The third-order valence-electron chi connectivity index (χ3n) is 1.68. The molecule has 4 heteroatoms. The third kappa shape index (κ3) is 4.57. The molecule has 0 saturated carbocycles. The molecule has 0 saturated heterocycles. The Bertz CT molecular complexity index is 323. The van der Waals surface area contributed by atoms with Crippen molar-refractivity contribution in [3.05, 3.63) is 29.3 Å². The molecule has 0 bridgehead atoms. The standard InChI is InChI=1S/C10H12O3.K/c1-7-3-4-9(8(2)5-7)13-6-10(11)12;/h3-5H,6H2,1-2H3,(H,11,12);/q;+1/p-1. The average Bonchev–Trinajstić information content (AvgIpc) is 2.02. The van der Waals surface area contributed by atoms with Gasteiger partial charge in [-0.1, -0.05) is 17.7 Å². The van der Waals surface area contributed by atoms with Gasteiger partial charge in [0.05, 0.1) is 5.97 Å². The number of carbonyl (C=O) groups is 1. The number of aryl methyl sites for hydroxylation is 2. The summed E-state index contributed by atoms with van der Waals surface area (Å²) in [5.74, 6) is -0.616.